The predicted octanol–water partition coefficient (Wildman–Crippen LogP) is 1.83. The zero-order chi connectivity index (χ0) is 12.4. The molecule has 0 saturated carbocycles. The number of hydrogen-bond acceptors (Lipinski definition) is 4. The summed E-state index contributed by atoms with van der Waals surface area (Å²) in [5, 5.41) is 10.6. The number of cyclic esters (lactones) is 1. The van der Waals surface area contributed by atoms with Crippen LogP contribution in [0.4, 0.5) is 0 Å². The van der Waals surface area contributed by atoms with Gasteiger partial charge in [0.25, 0.3) is 0 Å². The van der Waals surface area contributed by atoms with Gasteiger partial charge in [-0.3, -0.25) is 0 Å². The molecule has 17 heavy (non-hydrogen) atoms. The van der Waals surface area contributed by atoms with Crippen LogP contribution in [0.2, 0.25) is 5.02 Å². The molecule has 0 bridgehead atoms. The molecule has 2 unspecified atom stereocenters. The summed E-state index contributed by atoms with van der Waals surface area (Å²) in [6, 6.07) is 6.84. The van der Waals surface area contributed by atoms with Gasteiger partial charge in [-0.2, -0.15) is 0 Å². The van der Waals surface area contributed by atoms with E-state index in [0.29, 0.717) is 16.3 Å². The maximum Gasteiger partial charge on any atom is 0.335 e. The van der Waals surface area contributed by atoms with Gasteiger partial charge in [0.2, 0.25) is 0 Å². The zero-order valence-corrected chi connectivity index (χ0v) is 9.85. The summed E-state index contributed by atoms with van der Waals surface area (Å²) in [5.74, 6) is -0.236. The smallest absolute Gasteiger partial charge is 0.335 e. The molecule has 1 aromatic carbocycles. The first-order valence-corrected chi connectivity index (χ1v) is 5.40. The molecule has 1 N–H and O–H groups in total. The first kappa shape index (κ1) is 12.0. The lowest BCUT2D eigenvalue weighted by atomic mass is 10.0. The lowest BCUT2D eigenvalue weighted by molar-refractivity contribution is -0.144. The molecule has 2 rings (SSSR count). The van der Waals surface area contributed by atoms with E-state index in [1.807, 2.05) is 0 Å². The van der Waals surface area contributed by atoms with Crippen molar-refractivity contribution in [3.8, 4) is 0 Å². The Kier molecular flexibility index (Phi) is 3.36. The minimum Gasteiger partial charge on any atom is -0.497 e. The van der Waals surface area contributed by atoms with Gasteiger partial charge in [-0.05, 0) is 6.07 Å². The number of carbonyl (C=O) groups excluding carboxylic acids is 1. The molecule has 1 aliphatic rings. The molecule has 0 fully saturated rings. The van der Waals surface area contributed by atoms with Crippen molar-refractivity contribution in [3.63, 3.8) is 0 Å². The monoisotopic (exact) mass is 254 g/mol. The Balaban J connectivity index is 2.27. The number of hydrogen-bond donors (Lipinski definition) is 1. The SMILES string of the molecule is COC1=CC(=O)OC1C(O)c1ccccc1Cl. The molecule has 1 aromatic rings. The second-order valence-corrected chi connectivity index (χ2v) is 3.98. The maximum atomic E-state index is 11.1. The standard InChI is InChI=1S/C12H11ClO4/c1-16-9-6-10(14)17-12(9)11(15)7-4-2-3-5-8(7)13/h2-6,11-12,15H,1H3. The van der Waals surface area contributed by atoms with Gasteiger partial charge in [-0.1, -0.05) is 29.8 Å². The molecule has 0 aromatic heterocycles. The van der Waals surface area contributed by atoms with Gasteiger partial charge in [0, 0.05) is 10.6 Å². The molecule has 1 aliphatic heterocycles. The third kappa shape index (κ3) is 2.28. The first-order chi connectivity index (χ1) is 8.13. The molecule has 2 atom stereocenters. The largest absolute Gasteiger partial charge is 0.497 e. The van der Waals surface area contributed by atoms with Gasteiger partial charge in [-0.25, -0.2) is 4.79 Å². The van der Waals surface area contributed by atoms with Crippen LogP contribution in [0.1, 0.15) is 11.7 Å². The Morgan fingerprint density at radius 2 is 2.18 bits per heavy atom. The summed E-state index contributed by atoms with van der Waals surface area (Å²) in [7, 11) is 1.42. The second-order valence-electron chi connectivity index (χ2n) is 3.57. The van der Waals surface area contributed by atoms with Crippen molar-refractivity contribution in [2.75, 3.05) is 7.11 Å². The van der Waals surface area contributed by atoms with Crippen LogP contribution >= 0.6 is 11.6 Å². The summed E-state index contributed by atoms with van der Waals surface area (Å²) in [5.41, 5.74) is 0.497. The van der Waals surface area contributed by atoms with Crippen molar-refractivity contribution in [3.05, 3.63) is 46.7 Å². The fraction of sp³-hybridized carbons (Fsp3) is 0.250. The number of benzene rings is 1. The van der Waals surface area contributed by atoms with Crippen molar-refractivity contribution in [2.45, 2.75) is 12.2 Å². The van der Waals surface area contributed by atoms with Crippen LogP contribution in [0.25, 0.3) is 0 Å². The highest BCUT2D eigenvalue weighted by Gasteiger charge is 2.35. The lowest BCUT2D eigenvalue weighted by Gasteiger charge is -2.20. The number of aliphatic hydroxyl groups is 1. The van der Waals surface area contributed by atoms with Gasteiger partial charge in [0.1, 0.15) is 11.9 Å². The van der Waals surface area contributed by atoms with Gasteiger partial charge >= 0.3 is 5.97 Å². The quantitative estimate of drug-likeness (QED) is 0.836. The minimum absolute atomic E-state index is 0.294. The number of rotatable bonds is 3. The van der Waals surface area contributed by atoms with Crippen LogP contribution in [-0.2, 0) is 14.3 Å². The highest BCUT2D eigenvalue weighted by Crippen LogP contribution is 2.32. The number of methoxy groups -OCH3 is 1. The zero-order valence-electron chi connectivity index (χ0n) is 9.09. The molecule has 5 heteroatoms. The average Bonchev–Trinajstić information content (AvgIpc) is 2.70. The normalized spacial score (nSPS) is 20.8. The molecule has 0 amide bonds. The predicted molar refractivity (Wildman–Crippen MR) is 61.4 cm³/mol. The Morgan fingerprint density at radius 3 is 2.82 bits per heavy atom. The Morgan fingerprint density at radius 1 is 1.47 bits per heavy atom. The summed E-state index contributed by atoms with van der Waals surface area (Å²) in [6.45, 7) is 0. The number of carbonyl (C=O) groups is 1. The molecule has 0 spiro atoms. The van der Waals surface area contributed by atoms with Crippen LogP contribution < -0.4 is 0 Å². The summed E-state index contributed by atoms with van der Waals surface area (Å²) < 4.78 is 9.96. The van der Waals surface area contributed by atoms with Crippen molar-refractivity contribution in [1.29, 1.82) is 0 Å². The molecule has 0 saturated heterocycles. The van der Waals surface area contributed by atoms with Crippen LogP contribution in [0, 0.1) is 0 Å². The van der Waals surface area contributed by atoms with Gasteiger partial charge in [0.05, 0.1) is 13.2 Å². The molecule has 90 valence electrons. The highest BCUT2D eigenvalue weighted by atomic mass is 35.5. The third-order valence-electron chi connectivity index (χ3n) is 2.53. The Labute approximate surface area is 103 Å². The average molecular weight is 255 g/mol. The Hall–Kier alpha value is -1.52. The first-order valence-electron chi connectivity index (χ1n) is 5.02. The third-order valence-corrected chi connectivity index (χ3v) is 2.87. The Bertz CT molecular complexity index is 469. The molecular weight excluding hydrogens is 244 g/mol. The van der Waals surface area contributed by atoms with E-state index in [1.54, 1.807) is 24.3 Å². The fourth-order valence-electron chi connectivity index (χ4n) is 1.69. The van der Waals surface area contributed by atoms with E-state index >= 15 is 0 Å². The van der Waals surface area contributed by atoms with Gasteiger partial charge in [0.15, 0.2) is 6.10 Å². The maximum absolute atomic E-state index is 11.1. The molecular formula is C12H11ClO4. The fourth-order valence-corrected chi connectivity index (χ4v) is 1.94. The summed E-state index contributed by atoms with van der Waals surface area (Å²) in [4.78, 5) is 11.1. The lowest BCUT2D eigenvalue weighted by Crippen LogP contribution is -2.22. The topological polar surface area (TPSA) is 55.8 Å². The van der Waals surface area contributed by atoms with Crippen molar-refractivity contribution >= 4 is 17.6 Å². The van der Waals surface area contributed by atoms with Crippen LogP contribution in [-0.4, -0.2) is 24.3 Å². The van der Waals surface area contributed by atoms with E-state index in [-0.39, 0.29) is 0 Å². The van der Waals surface area contributed by atoms with E-state index in [4.69, 9.17) is 21.1 Å². The molecule has 0 radical (unpaired) electrons. The molecule has 4 nitrogen and oxygen atoms in total. The van der Waals surface area contributed by atoms with Gasteiger partial charge < -0.3 is 14.6 Å². The van der Waals surface area contributed by atoms with E-state index in [2.05, 4.69) is 0 Å². The van der Waals surface area contributed by atoms with Crippen LogP contribution in [0.5, 0.6) is 0 Å². The molecule has 1 heterocycles. The number of ether oxygens (including phenoxy) is 2. The van der Waals surface area contributed by atoms with Crippen LogP contribution in [0.15, 0.2) is 36.1 Å². The van der Waals surface area contributed by atoms with Gasteiger partial charge in [-0.15, -0.1) is 0 Å². The summed E-state index contributed by atoms with van der Waals surface area (Å²) >= 11 is 5.96. The minimum atomic E-state index is -1.04. The number of esters is 1. The summed E-state index contributed by atoms with van der Waals surface area (Å²) in [6.07, 6.45) is -0.668. The van der Waals surface area contributed by atoms with E-state index in [0.717, 1.165) is 0 Å². The highest BCUT2D eigenvalue weighted by molar-refractivity contribution is 6.31. The number of aliphatic hydroxyl groups excluding tert-OH is 1. The van der Waals surface area contributed by atoms with E-state index in [1.165, 1.54) is 13.2 Å². The van der Waals surface area contributed by atoms with E-state index in [9.17, 15) is 9.90 Å². The van der Waals surface area contributed by atoms with E-state index < -0.39 is 18.2 Å². The van der Waals surface area contributed by atoms with Crippen LogP contribution in [0.3, 0.4) is 0 Å². The second kappa shape index (κ2) is 4.77. The van der Waals surface area contributed by atoms with Crippen molar-refractivity contribution < 1.29 is 19.4 Å². The van der Waals surface area contributed by atoms with Crippen molar-refractivity contribution in [2.24, 2.45) is 0 Å². The number of halogens is 1. The van der Waals surface area contributed by atoms with Crippen molar-refractivity contribution in [1.82, 2.24) is 0 Å². The molecule has 0 aliphatic carbocycles.